The maximum absolute atomic E-state index is 11.7. The second-order valence-electron chi connectivity index (χ2n) is 5.25. The molecule has 1 aromatic heterocycles. The van der Waals surface area contributed by atoms with Crippen molar-refractivity contribution in [1.82, 2.24) is 9.97 Å². The Bertz CT molecular complexity index is 699. The van der Waals surface area contributed by atoms with Gasteiger partial charge in [0.1, 0.15) is 0 Å². The van der Waals surface area contributed by atoms with Gasteiger partial charge in [0.2, 0.25) is 0 Å². The van der Waals surface area contributed by atoms with Crippen molar-refractivity contribution < 1.29 is 4.79 Å². The van der Waals surface area contributed by atoms with Crippen molar-refractivity contribution in [3.05, 3.63) is 46.9 Å². The van der Waals surface area contributed by atoms with E-state index in [1.807, 2.05) is 38.1 Å². The highest BCUT2D eigenvalue weighted by atomic mass is 16.1. The third kappa shape index (κ3) is 4.04. The van der Waals surface area contributed by atoms with Gasteiger partial charge in [-0.1, -0.05) is 26.0 Å². The van der Waals surface area contributed by atoms with E-state index in [0.717, 1.165) is 35.5 Å². The second-order valence-corrected chi connectivity index (χ2v) is 5.25. The number of carbonyl (C=O) groups is 1. The Hall–Kier alpha value is -2.47. The van der Waals surface area contributed by atoms with Crippen molar-refractivity contribution in [3.8, 4) is 0 Å². The largest absolute Gasteiger partial charge is 0.364 e. The number of nitrogens with zero attached hydrogens (tertiary/aromatic N) is 2. The molecule has 0 bridgehead atoms. The smallest absolute Gasteiger partial charge is 0.271 e. The number of carbonyl (C=O) groups excluding carboxylic acids is 1. The molecule has 0 saturated heterocycles. The van der Waals surface area contributed by atoms with Crippen molar-refractivity contribution >= 4 is 17.4 Å². The van der Waals surface area contributed by atoms with Gasteiger partial charge in [-0.25, -0.2) is 9.97 Å². The molecule has 23 heavy (non-hydrogen) atoms. The lowest BCUT2D eigenvalue weighted by molar-refractivity contribution is 0.0996. The molecule has 2 aromatic rings. The van der Waals surface area contributed by atoms with Gasteiger partial charge < -0.3 is 16.8 Å². The van der Waals surface area contributed by atoms with Crippen molar-refractivity contribution in [2.75, 3.05) is 11.9 Å². The molecule has 0 fully saturated rings. The molecule has 0 aliphatic heterocycles. The molecule has 6 nitrogen and oxygen atoms in total. The summed E-state index contributed by atoms with van der Waals surface area (Å²) < 4.78 is 0. The number of nitrogens with two attached hydrogens (primary N) is 2. The van der Waals surface area contributed by atoms with Crippen molar-refractivity contribution in [1.29, 1.82) is 0 Å². The van der Waals surface area contributed by atoms with Crippen LogP contribution in [-0.2, 0) is 19.3 Å². The normalized spacial score (nSPS) is 10.6. The maximum Gasteiger partial charge on any atom is 0.271 e. The summed E-state index contributed by atoms with van der Waals surface area (Å²) >= 11 is 0. The number of hydrogen-bond acceptors (Lipinski definition) is 5. The molecular formula is C17H23N5O. The first kappa shape index (κ1) is 16.9. The molecule has 1 aromatic carbocycles. The number of benzene rings is 1. The number of rotatable bonds is 7. The molecular weight excluding hydrogens is 290 g/mol. The van der Waals surface area contributed by atoms with Crippen LogP contribution in [0.3, 0.4) is 0 Å². The lowest BCUT2D eigenvalue weighted by atomic mass is 10.1. The van der Waals surface area contributed by atoms with Gasteiger partial charge in [-0.3, -0.25) is 4.79 Å². The fraction of sp³-hybridized carbons (Fsp3) is 0.353. The number of nitrogens with one attached hydrogen (secondary N) is 1. The average molecular weight is 313 g/mol. The van der Waals surface area contributed by atoms with Crippen LogP contribution < -0.4 is 16.8 Å². The molecule has 0 radical (unpaired) electrons. The van der Waals surface area contributed by atoms with Gasteiger partial charge in [-0.2, -0.15) is 0 Å². The summed E-state index contributed by atoms with van der Waals surface area (Å²) in [6, 6.07) is 7.84. The van der Waals surface area contributed by atoms with E-state index in [4.69, 9.17) is 11.5 Å². The molecule has 0 spiro atoms. The minimum Gasteiger partial charge on any atom is -0.364 e. The average Bonchev–Trinajstić information content (AvgIpc) is 2.54. The highest BCUT2D eigenvalue weighted by Gasteiger charge is 2.16. The first-order valence-electron chi connectivity index (χ1n) is 7.84. The van der Waals surface area contributed by atoms with Crippen LogP contribution in [0.25, 0.3) is 0 Å². The fourth-order valence-electron chi connectivity index (χ4n) is 2.44. The molecule has 122 valence electrons. The van der Waals surface area contributed by atoms with Crippen LogP contribution in [0.5, 0.6) is 0 Å². The van der Waals surface area contributed by atoms with Crippen LogP contribution in [-0.4, -0.2) is 22.4 Å². The summed E-state index contributed by atoms with van der Waals surface area (Å²) in [5, 5.41) is 3.16. The molecule has 5 N–H and O–H groups in total. The molecule has 6 heteroatoms. The highest BCUT2D eigenvalue weighted by molar-refractivity contribution is 5.96. The van der Waals surface area contributed by atoms with E-state index < -0.39 is 5.91 Å². The van der Waals surface area contributed by atoms with Crippen LogP contribution in [0.2, 0.25) is 0 Å². The third-order valence-electron chi connectivity index (χ3n) is 3.58. The zero-order valence-corrected chi connectivity index (χ0v) is 13.6. The quantitative estimate of drug-likeness (QED) is 0.724. The van der Waals surface area contributed by atoms with Gasteiger partial charge in [0.25, 0.3) is 5.91 Å². The van der Waals surface area contributed by atoms with Crippen molar-refractivity contribution in [2.45, 2.75) is 33.1 Å². The first-order chi connectivity index (χ1) is 11.1. The molecule has 0 unspecified atom stereocenters. The Kier molecular flexibility index (Phi) is 5.65. The van der Waals surface area contributed by atoms with E-state index in [1.54, 1.807) is 0 Å². The third-order valence-corrected chi connectivity index (χ3v) is 3.58. The number of hydrogen-bond donors (Lipinski definition) is 3. The van der Waals surface area contributed by atoms with Crippen molar-refractivity contribution in [3.63, 3.8) is 0 Å². The van der Waals surface area contributed by atoms with E-state index in [0.29, 0.717) is 18.8 Å². The molecule has 0 aliphatic rings. The summed E-state index contributed by atoms with van der Waals surface area (Å²) in [6.07, 6.45) is 2.25. The zero-order valence-electron chi connectivity index (χ0n) is 13.6. The summed E-state index contributed by atoms with van der Waals surface area (Å²) in [4.78, 5) is 20.7. The Morgan fingerprint density at radius 2 is 1.87 bits per heavy atom. The van der Waals surface area contributed by atoms with E-state index in [1.165, 1.54) is 0 Å². The zero-order chi connectivity index (χ0) is 16.8. The SMILES string of the molecule is CCc1nc(Nc2cccc(CCN)c2)c(C(N)=O)nc1CC. The lowest BCUT2D eigenvalue weighted by Crippen LogP contribution is -2.19. The number of aryl methyl sites for hydroxylation is 2. The highest BCUT2D eigenvalue weighted by Crippen LogP contribution is 2.21. The van der Waals surface area contributed by atoms with E-state index >= 15 is 0 Å². The Labute approximate surface area is 136 Å². The molecule has 0 saturated carbocycles. The topological polar surface area (TPSA) is 107 Å². The van der Waals surface area contributed by atoms with E-state index in [-0.39, 0.29) is 5.69 Å². The minimum absolute atomic E-state index is 0.170. The maximum atomic E-state index is 11.7. The summed E-state index contributed by atoms with van der Waals surface area (Å²) in [5.74, 6) is -0.188. The van der Waals surface area contributed by atoms with E-state index in [2.05, 4.69) is 15.3 Å². The van der Waals surface area contributed by atoms with Crippen LogP contribution in [0.1, 0.15) is 41.3 Å². The van der Waals surface area contributed by atoms with Gasteiger partial charge in [0.05, 0.1) is 11.4 Å². The van der Waals surface area contributed by atoms with Gasteiger partial charge in [-0.05, 0) is 43.5 Å². The predicted molar refractivity (Wildman–Crippen MR) is 91.8 cm³/mol. The second kappa shape index (κ2) is 7.69. The number of primary amides is 1. The number of aromatic nitrogens is 2. The van der Waals surface area contributed by atoms with Crippen molar-refractivity contribution in [2.24, 2.45) is 11.5 Å². The van der Waals surface area contributed by atoms with Crippen LogP contribution in [0, 0.1) is 0 Å². The monoisotopic (exact) mass is 313 g/mol. The van der Waals surface area contributed by atoms with Gasteiger partial charge in [-0.15, -0.1) is 0 Å². The van der Waals surface area contributed by atoms with Crippen LogP contribution in [0.4, 0.5) is 11.5 Å². The molecule has 0 atom stereocenters. The Balaban J connectivity index is 2.41. The van der Waals surface area contributed by atoms with Gasteiger partial charge >= 0.3 is 0 Å². The van der Waals surface area contributed by atoms with Crippen LogP contribution >= 0.6 is 0 Å². The minimum atomic E-state index is -0.588. The first-order valence-corrected chi connectivity index (χ1v) is 7.84. The predicted octanol–water partition coefficient (Wildman–Crippen LogP) is 1.95. The fourth-order valence-corrected chi connectivity index (χ4v) is 2.44. The number of anilines is 2. The van der Waals surface area contributed by atoms with Gasteiger partial charge in [0, 0.05) is 5.69 Å². The Morgan fingerprint density at radius 1 is 1.17 bits per heavy atom. The summed E-state index contributed by atoms with van der Waals surface area (Å²) in [6.45, 7) is 4.58. The van der Waals surface area contributed by atoms with Crippen LogP contribution in [0.15, 0.2) is 24.3 Å². The van der Waals surface area contributed by atoms with E-state index in [9.17, 15) is 4.79 Å². The molecule has 0 aliphatic carbocycles. The molecule has 1 heterocycles. The molecule has 1 amide bonds. The number of amides is 1. The van der Waals surface area contributed by atoms with Gasteiger partial charge in [0.15, 0.2) is 11.5 Å². The lowest BCUT2D eigenvalue weighted by Gasteiger charge is -2.13. The molecule has 2 rings (SSSR count). The Morgan fingerprint density at radius 3 is 2.48 bits per heavy atom. The summed E-state index contributed by atoms with van der Waals surface area (Å²) in [5.41, 5.74) is 14.9. The standard InChI is InChI=1S/C17H23N5O/c1-3-13-14(4-2)22-17(15(21-13)16(19)23)20-12-7-5-6-11(10-12)8-9-18/h5-7,10H,3-4,8-9,18H2,1-2H3,(H2,19,23)(H,20,22). The summed E-state index contributed by atoms with van der Waals surface area (Å²) in [7, 11) is 0.